The molecule has 1 spiro atoms. The zero-order valence-electron chi connectivity index (χ0n) is 16.8. The lowest BCUT2D eigenvalue weighted by atomic mass is 9.60. The number of hydrogen-bond donors (Lipinski definition) is 0. The molecule has 1 fully saturated rings. The summed E-state index contributed by atoms with van der Waals surface area (Å²) in [5.41, 5.74) is 2.15. The number of esters is 1. The molecule has 5 rings (SSSR count). The summed E-state index contributed by atoms with van der Waals surface area (Å²) in [4.78, 5) is 13.4. The van der Waals surface area contributed by atoms with Gasteiger partial charge in [0.05, 0.1) is 5.41 Å². The van der Waals surface area contributed by atoms with Gasteiger partial charge in [-0.3, -0.25) is 4.79 Å². The van der Waals surface area contributed by atoms with E-state index in [4.69, 9.17) is 4.74 Å². The number of rotatable bonds is 2. The molecule has 2 aromatic carbocycles. The number of carbonyl (C=O) groups is 1. The molecule has 2 nitrogen and oxygen atoms in total. The summed E-state index contributed by atoms with van der Waals surface area (Å²) in [5, 5.41) is 0. The van der Waals surface area contributed by atoms with Crippen molar-refractivity contribution in [2.75, 3.05) is 0 Å². The maximum absolute atomic E-state index is 15.0. The summed E-state index contributed by atoms with van der Waals surface area (Å²) in [7, 11) is 0. The van der Waals surface area contributed by atoms with Crippen molar-refractivity contribution in [2.24, 2.45) is 5.41 Å². The molecule has 0 bridgehead atoms. The first-order valence-electron chi connectivity index (χ1n) is 10.8. The molecular weight excluding hydrogens is 382 g/mol. The van der Waals surface area contributed by atoms with Gasteiger partial charge < -0.3 is 4.74 Å². The predicted octanol–water partition coefficient (Wildman–Crippen LogP) is 6.69. The van der Waals surface area contributed by atoms with Crippen LogP contribution in [0.15, 0.2) is 65.4 Å². The third kappa shape index (κ3) is 3.01. The van der Waals surface area contributed by atoms with E-state index in [1.807, 2.05) is 6.07 Å². The zero-order valence-corrected chi connectivity index (χ0v) is 16.8. The smallest absolute Gasteiger partial charge is 0.318 e. The van der Waals surface area contributed by atoms with E-state index in [0.717, 1.165) is 30.4 Å². The van der Waals surface area contributed by atoms with Gasteiger partial charge >= 0.3 is 5.97 Å². The van der Waals surface area contributed by atoms with Gasteiger partial charge in [-0.1, -0.05) is 55.7 Å². The number of hydrogen-bond acceptors (Lipinski definition) is 2. The highest BCUT2D eigenvalue weighted by atomic mass is 19.1. The van der Waals surface area contributed by atoms with Crippen LogP contribution in [-0.4, -0.2) is 5.97 Å². The summed E-state index contributed by atoms with van der Waals surface area (Å²) in [5.74, 6) is -0.624. The van der Waals surface area contributed by atoms with Crippen LogP contribution in [0.3, 0.4) is 0 Å². The van der Waals surface area contributed by atoms with Crippen molar-refractivity contribution in [3.63, 3.8) is 0 Å². The Labute approximate surface area is 175 Å². The Kier molecular flexibility index (Phi) is 4.80. The largest absolute Gasteiger partial charge is 0.426 e. The maximum Gasteiger partial charge on any atom is 0.318 e. The fourth-order valence-corrected chi connectivity index (χ4v) is 5.54. The van der Waals surface area contributed by atoms with Crippen LogP contribution in [0.1, 0.15) is 62.0 Å². The number of allylic oxidation sites excluding steroid dienone is 2. The Hall–Kier alpha value is -2.75. The molecule has 154 valence electrons. The second-order valence-corrected chi connectivity index (χ2v) is 8.61. The van der Waals surface area contributed by atoms with E-state index in [-0.39, 0.29) is 23.5 Å². The second kappa shape index (κ2) is 7.50. The minimum Gasteiger partial charge on any atom is -0.426 e. The van der Waals surface area contributed by atoms with E-state index in [0.29, 0.717) is 42.6 Å². The van der Waals surface area contributed by atoms with E-state index in [9.17, 15) is 13.6 Å². The molecule has 0 saturated heterocycles. The van der Waals surface area contributed by atoms with E-state index < -0.39 is 5.41 Å². The molecule has 30 heavy (non-hydrogen) atoms. The molecule has 1 aliphatic heterocycles. The van der Waals surface area contributed by atoms with Crippen molar-refractivity contribution >= 4 is 12.0 Å². The van der Waals surface area contributed by atoms with Gasteiger partial charge in [0, 0.05) is 11.5 Å². The van der Waals surface area contributed by atoms with Crippen LogP contribution in [0.4, 0.5) is 8.78 Å². The van der Waals surface area contributed by atoms with Crippen molar-refractivity contribution in [1.29, 1.82) is 0 Å². The topological polar surface area (TPSA) is 26.3 Å². The fourth-order valence-electron chi connectivity index (χ4n) is 5.54. The van der Waals surface area contributed by atoms with Crippen LogP contribution in [0.5, 0.6) is 0 Å². The van der Waals surface area contributed by atoms with Crippen molar-refractivity contribution in [3.05, 3.63) is 88.2 Å². The Morgan fingerprint density at radius 2 is 1.60 bits per heavy atom. The fraction of sp³-hybridized carbons (Fsp3) is 0.346. The first kappa shape index (κ1) is 19.2. The Morgan fingerprint density at radius 1 is 0.900 bits per heavy atom. The third-order valence-corrected chi connectivity index (χ3v) is 6.95. The summed E-state index contributed by atoms with van der Waals surface area (Å²) in [6.07, 6.45) is 7.53. The SMILES string of the molecule is O=C1OC2=C(CC/C2=C\c2ccccc2F)C(c2ccccc2F)C12CCCCC2. The highest BCUT2D eigenvalue weighted by Crippen LogP contribution is 2.59. The zero-order chi connectivity index (χ0) is 20.7. The number of ether oxygens (including phenoxy) is 1. The lowest BCUT2D eigenvalue weighted by molar-refractivity contribution is -0.157. The molecule has 0 aromatic heterocycles. The Balaban J connectivity index is 1.66. The molecule has 0 amide bonds. The number of carbonyl (C=O) groups excluding carboxylic acids is 1. The molecule has 0 N–H and O–H groups in total. The van der Waals surface area contributed by atoms with E-state index in [1.165, 1.54) is 12.1 Å². The summed E-state index contributed by atoms with van der Waals surface area (Å²) in [6, 6.07) is 13.4. The maximum atomic E-state index is 15.0. The van der Waals surface area contributed by atoms with Gasteiger partial charge in [0.25, 0.3) is 0 Å². The monoisotopic (exact) mass is 406 g/mol. The van der Waals surface area contributed by atoms with Gasteiger partial charge in [-0.05, 0) is 60.6 Å². The molecule has 1 saturated carbocycles. The van der Waals surface area contributed by atoms with Crippen LogP contribution >= 0.6 is 0 Å². The molecule has 1 heterocycles. The average Bonchev–Trinajstić information content (AvgIpc) is 3.14. The van der Waals surface area contributed by atoms with Crippen LogP contribution < -0.4 is 0 Å². The number of benzene rings is 2. The first-order chi connectivity index (χ1) is 14.6. The summed E-state index contributed by atoms with van der Waals surface area (Å²) < 4.78 is 35.1. The highest BCUT2D eigenvalue weighted by molar-refractivity contribution is 5.84. The van der Waals surface area contributed by atoms with E-state index >= 15 is 0 Å². The van der Waals surface area contributed by atoms with E-state index in [2.05, 4.69) is 0 Å². The van der Waals surface area contributed by atoms with Gasteiger partial charge in [-0.15, -0.1) is 0 Å². The summed E-state index contributed by atoms with van der Waals surface area (Å²) in [6.45, 7) is 0. The minimum absolute atomic E-state index is 0.254. The van der Waals surface area contributed by atoms with Gasteiger partial charge in [-0.2, -0.15) is 0 Å². The molecular formula is C26H24F2O2. The van der Waals surface area contributed by atoms with E-state index in [1.54, 1.807) is 36.4 Å². The van der Waals surface area contributed by atoms with Crippen LogP contribution in [-0.2, 0) is 9.53 Å². The van der Waals surface area contributed by atoms with Gasteiger partial charge in [0.1, 0.15) is 17.4 Å². The molecule has 1 atom stereocenters. The number of halogens is 2. The minimum atomic E-state index is -0.702. The normalized spacial score (nSPS) is 24.3. The molecule has 2 aliphatic carbocycles. The van der Waals surface area contributed by atoms with Crippen molar-refractivity contribution in [3.8, 4) is 0 Å². The first-order valence-corrected chi connectivity index (χ1v) is 10.8. The van der Waals surface area contributed by atoms with Gasteiger partial charge in [0.2, 0.25) is 0 Å². The Bertz CT molecular complexity index is 1060. The average molecular weight is 406 g/mol. The molecule has 1 unspecified atom stereocenters. The molecule has 2 aromatic rings. The lowest BCUT2D eigenvalue weighted by Crippen LogP contribution is -2.44. The lowest BCUT2D eigenvalue weighted by Gasteiger charge is -2.45. The summed E-state index contributed by atoms with van der Waals surface area (Å²) >= 11 is 0. The van der Waals surface area contributed by atoms with Gasteiger partial charge in [-0.25, -0.2) is 8.78 Å². The molecule has 3 aliphatic rings. The second-order valence-electron chi connectivity index (χ2n) is 8.61. The highest BCUT2D eigenvalue weighted by Gasteiger charge is 2.55. The molecule has 0 radical (unpaired) electrons. The quantitative estimate of drug-likeness (QED) is 0.520. The van der Waals surface area contributed by atoms with Crippen molar-refractivity contribution < 1.29 is 18.3 Å². The van der Waals surface area contributed by atoms with Crippen LogP contribution in [0, 0.1) is 17.0 Å². The van der Waals surface area contributed by atoms with Crippen molar-refractivity contribution in [2.45, 2.75) is 50.9 Å². The molecule has 4 heteroatoms. The predicted molar refractivity (Wildman–Crippen MR) is 111 cm³/mol. The Morgan fingerprint density at radius 3 is 2.33 bits per heavy atom. The van der Waals surface area contributed by atoms with Crippen LogP contribution in [0.25, 0.3) is 6.08 Å². The van der Waals surface area contributed by atoms with Gasteiger partial charge in [0.15, 0.2) is 0 Å². The van der Waals surface area contributed by atoms with Crippen molar-refractivity contribution in [1.82, 2.24) is 0 Å². The third-order valence-electron chi connectivity index (χ3n) is 6.95. The standard InChI is InChI=1S/C26H24F2O2/c27-21-10-4-2-8-17(21)16-18-12-13-20-23(19-9-3-5-11-22(19)28)26(14-6-1-7-15-26)25(29)30-24(18)20/h2-5,8-11,16,23H,1,6-7,12-15H2/b18-16+. The van der Waals surface area contributed by atoms with Crippen LogP contribution in [0.2, 0.25) is 0 Å².